The first-order valence-electron chi connectivity index (χ1n) is 14.1. The number of aromatic amines is 1. The number of carbonyl (C=O) groups is 6. The number of para-hydroxylation sites is 1. The summed E-state index contributed by atoms with van der Waals surface area (Å²) < 4.78 is 19.1. The van der Waals surface area contributed by atoms with Crippen LogP contribution >= 0.6 is 0 Å². The zero-order chi connectivity index (χ0) is 30.5. The van der Waals surface area contributed by atoms with E-state index in [0.29, 0.717) is 24.8 Å². The van der Waals surface area contributed by atoms with Crippen LogP contribution in [0.25, 0.3) is 10.9 Å². The number of aromatic nitrogens is 1. The van der Waals surface area contributed by atoms with Crippen molar-refractivity contribution in [1.29, 1.82) is 0 Å². The van der Waals surface area contributed by atoms with Crippen molar-refractivity contribution in [2.75, 3.05) is 13.2 Å². The van der Waals surface area contributed by atoms with Gasteiger partial charge in [0.2, 0.25) is 11.8 Å². The SMILES string of the molecule is O=C(OCC(=O)C(C[C@@H]1CCNC1=O)NC(=O)C(CC1CC1)NC(=O)c1cc2cccc(F)c2[nH]1)C(=O)c1ccccc1. The van der Waals surface area contributed by atoms with Crippen molar-refractivity contribution in [2.45, 2.75) is 44.2 Å². The Morgan fingerprint density at radius 2 is 1.70 bits per heavy atom. The van der Waals surface area contributed by atoms with Gasteiger partial charge in [0.05, 0.1) is 11.6 Å². The first kappa shape index (κ1) is 29.6. The second-order valence-electron chi connectivity index (χ2n) is 10.9. The van der Waals surface area contributed by atoms with Crippen LogP contribution in [0, 0.1) is 17.7 Å². The van der Waals surface area contributed by atoms with Crippen molar-refractivity contribution in [2.24, 2.45) is 11.8 Å². The van der Waals surface area contributed by atoms with E-state index < -0.39 is 59.8 Å². The largest absolute Gasteiger partial charge is 0.452 e. The summed E-state index contributed by atoms with van der Waals surface area (Å²) >= 11 is 0. The van der Waals surface area contributed by atoms with E-state index in [9.17, 15) is 33.2 Å². The second-order valence-corrected chi connectivity index (χ2v) is 10.9. The molecule has 2 aromatic carbocycles. The number of ether oxygens (including phenoxy) is 1. The summed E-state index contributed by atoms with van der Waals surface area (Å²) in [7, 11) is 0. The molecule has 1 saturated heterocycles. The Morgan fingerprint density at radius 1 is 0.930 bits per heavy atom. The molecule has 2 aliphatic rings. The molecule has 0 spiro atoms. The summed E-state index contributed by atoms with van der Waals surface area (Å²) in [5.41, 5.74) is 0.333. The van der Waals surface area contributed by atoms with Gasteiger partial charge in [-0.3, -0.25) is 24.0 Å². The van der Waals surface area contributed by atoms with Crippen molar-refractivity contribution in [1.82, 2.24) is 20.9 Å². The zero-order valence-electron chi connectivity index (χ0n) is 23.2. The third-order valence-electron chi connectivity index (χ3n) is 7.69. The van der Waals surface area contributed by atoms with Crippen LogP contribution in [0.15, 0.2) is 54.6 Å². The van der Waals surface area contributed by atoms with Crippen molar-refractivity contribution in [3.05, 3.63) is 71.7 Å². The molecule has 3 amide bonds. The van der Waals surface area contributed by atoms with Crippen LogP contribution in [-0.2, 0) is 23.9 Å². The molecule has 5 rings (SSSR count). The van der Waals surface area contributed by atoms with Gasteiger partial charge in [-0.2, -0.15) is 0 Å². The predicted octanol–water partition coefficient (Wildman–Crippen LogP) is 2.21. The highest BCUT2D eigenvalue weighted by Gasteiger charge is 2.36. The van der Waals surface area contributed by atoms with Crippen LogP contribution in [0.2, 0.25) is 0 Å². The number of hydrogen-bond acceptors (Lipinski definition) is 7. The molecule has 1 aliphatic heterocycles. The van der Waals surface area contributed by atoms with Crippen molar-refractivity contribution >= 4 is 46.2 Å². The van der Waals surface area contributed by atoms with E-state index in [2.05, 4.69) is 20.9 Å². The van der Waals surface area contributed by atoms with Gasteiger partial charge in [0.1, 0.15) is 17.6 Å². The van der Waals surface area contributed by atoms with Gasteiger partial charge >= 0.3 is 5.97 Å². The molecule has 224 valence electrons. The lowest BCUT2D eigenvalue weighted by molar-refractivity contribution is -0.144. The summed E-state index contributed by atoms with van der Waals surface area (Å²) in [6.45, 7) is -0.374. The van der Waals surface area contributed by atoms with Crippen LogP contribution in [0.5, 0.6) is 0 Å². The molecule has 2 fully saturated rings. The van der Waals surface area contributed by atoms with E-state index in [1.807, 2.05) is 0 Å². The Balaban J connectivity index is 1.27. The average Bonchev–Trinajstić information content (AvgIpc) is 3.56. The number of amides is 3. The number of hydrogen-bond donors (Lipinski definition) is 4. The van der Waals surface area contributed by atoms with Gasteiger partial charge in [-0.05, 0) is 37.3 Å². The summed E-state index contributed by atoms with van der Waals surface area (Å²) in [5, 5.41) is 8.52. The quantitative estimate of drug-likeness (QED) is 0.135. The smallest absolute Gasteiger partial charge is 0.380 e. The number of carbonyl (C=O) groups excluding carboxylic acids is 6. The Kier molecular flexibility index (Phi) is 8.93. The molecule has 1 aromatic heterocycles. The zero-order valence-corrected chi connectivity index (χ0v) is 23.2. The molecule has 2 unspecified atom stereocenters. The third-order valence-corrected chi connectivity index (χ3v) is 7.69. The minimum atomic E-state index is -1.23. The number of fused-ring (bicyclic) bond motifs is 1. The van der Waals surface area contributed by atoms with E-state index in [0.717, 1.165) is 12.8 Å². The molecular weight excluding hydrogens is 559 g/mol. The van der Waals surface area contributed by atoms with Gasteiger partial charge in [0.25, 0.3) is 11.7 Å². The fourth-order valence-corrected chi connectivity index (χ4v) is 5.10. The van der Waals surface area contributed by atoms with E-state index >= 15 is 0 Å². The fourth-order valence-electron chi connectivity index (χ4n) is 5.10. The molecule has 0 radical (unpaired) electrons. The molecule has 4 N–H and O–H groups in total. The Bertz CT molecular complexity index is 1570. The highest BCUT2D eigenvalue weighted by Crippen LogP contribution is 2.33. The molecule has 2 heterocycles. The van der Waals surface area contributed by atoms with Crippen molar-refractivity contribution in [3.63, 3.8) is 0 Å². The van der Waals surface area contributed by atoms with Gasteiger partial charge < -0.3 is 25.7 Å². The molecule has 11 nitrogen and oxygen atoms in total. The molecule has 1 aliphatic carbocycles. The van der Waals surface area contributed by atoms with Gasteiger partial charge in [0.15, 0.2) is 12.4 Å². The normalized spacial score (nSPS) is 17.5. The lowest BCUT2D eigenvalue weighted by Crippen LogP contribution is -2.53. The summed E-state index contributed by atoms with van der Waals surface area (Å²) in [6, 6.07) is 11.4. The van der Waals surface area contributed by atoms with Crippen LogP contribution in [0.4, 0.5) is 4.39 Å². The standard InChI is InChI=1S/C31H31FN4O7/c32-21-8-4-7-19-14-24(34-26(19)21)30(41)36-23(13-17-9-10-17)29(40)35-22(15-20-11-12-33-28(20)39)25(37)16-43-31(42)27(38)18-5-2-1-3-6-18/h1-8,14,17,20,22-23,34H,9-13,15-16H2,(H,33,39)(H,35,40)(H,36,41)/t20-,22?,23?/m0/s1. The lowest BCUT2D eigenvalue weighted by atomic mass is 9.95. The average molecular weight is 591 g/mol. The van der Waals surface area contributed by atoms with Gasteiger partial charge in [-0.15, -0.1) is 0 Å². The first-order chi connectivity index (χ1) is 20.7. The van der Waals surface area contributed by atoms with E-state index in [-0.39, 0.29) is 35.0 Å². The molecule has 43 heavy (non-hydrogen) atoms. The first-order valence-corrected chi connectivity index (χ1v) is 14.1. The number of benzene rings is 2. The topological polar surface area (TPSA) is 164 Å². The van der Waals surface area contributed by atoms with Crippen molar-refractivity contribution < 1.29 is 37.9 Å². The maximum atomic E-state index is 14.2. The van der Waals surface area contributed by atoms with E-state index in [1.54, 1.807) is 24.3 Å². The molecule has 3 atom stereocenters. The molecular formula is C31H31FN4O7. The summed E-state index contributed by atoms with van der Waals surface area (Å²) in [5.74, 6) is -5.27. The van der Waals surface area contributed by atoms with Crippen LogP contribution in [-0.4, -0.2) is 65.5 Å². The highest BCUT2D eigenvalue weighted by molar-refractivity contribution is 6.40. The number of Topliss-reactive ketones (excluding diaryl/α,β-unsaturated/α-hetero) is 2. The maximum Gasteiger partial charge on any atom is 0.380 e. The Labute approximate surface area is 245 Å². The van der Waals surface area contributed by atoms with E-state index in [1.165, 1.54) is 30.3 Å². The number of halogens is 1. The van der Waals surface area contributed by atoms with Gasteiger partial charge in [0, 0.05) is 23.4 Å². The summed E-state index contributed by atoms with van der Waals surface area (Å²) in [4.78, 5) is 79.5. The molecule has 3 aromatic rings. The number of ketones is 2. The van der Waals surface area contributed by atoms with Gasteiger partial charge in [-0.25, -0.2) is 9.18 Å². The van der Waals surface area contributed by atoms with Crippen LogP contribution in [0.3, 0.4) is 0 Å². The number of H-pyrrole nitrogens is 1. The predicted molar refractivity (Wildman–Crippen MR) is 151 cm³/mol. The Morgan fingerprint density at radius 3 is 2.37 bits per heavy atom. The second kappa shape index (κ2) is 13.0. The monoisotopic (exact) mass is 590 g/mol. The molecule has 12 heteroatoms. The highest BCUT2D eigenvalue weighted by atomic mass is 19.1. The van der Waals surface area contributed by atoms with E-state index in [4.69, 9.17) is 4.74 Å². The van der Waals surface area contributed by atoms with Gasteiger partial charge in [-0.1, -0.05) is 55.3 Å². The number of rotatable bonds is 13. The minimum Gasteiger partial charge on any atom is -0.452 e. The van der Waals surface area contributed by atoms with Crippen LogP contribution in [0.1, 0.15) is 53.0 Å². The maximum absolute atomic E-state index is 14.2. The molecule has 1 saturated carbocycles. The third kappa shape index (κ3) is 7.32. The minimum absolute atomic E-state index is 0.0496. The van der Waals surface area contributed by atoms with Crippen molar-refractivity contribution in [3.8, 4) is 0 Å². The van der Waals surface area contributed by atoms with Crippen LogP contribution < -0.4 is 16.0 Å². The lowest BCUT2D eigenvalue weighted by Gasteiger charge is -2.24. The number of esters is 1. The summed E-state index contributed by atoms with van der Waals surface area (Å²) in [6.07, 6.45) is 2.48. The number of nitrogens with one attached hydrogen (secondary N) is 4. The Hall–Kier alpha value is -4.87. The molecule has 0 bridgehead atoms. The fraction of sp³-hybridized carbons (Fsp3) is 0.355.